The third-order valence-electron chi connectivity index (χ3n) is 5.62. The number of thiophene rings is 1. The molecule has 2 aromatic carbocycles. The molecule has 1 unspecified atom stereocenters. The molecular formula is C25H25N3O3S. The van der Waals surface area contributed by atoms with Crippen molar-refractivity contribution in [1.29, 1.82) is 0 Å². The maximum absolute atomic E-state index is 13.4. The van der Waals surface area contributed by atoms with E-state index in [1.54, 1.807) is 35.2 Å². The molecule has 1 atom stereocenters. The number of benzene rings is 2. The van der Waals surface area contributed by atoms with Crippen molar-refractivity contribution in [2.45, 2.75) is 24.9 Å². The van der Waals surface area contributed by atoms with Gasteiger partial charge in [0.1, 0.15) is 6.04 Å². The topological polar surface area (TPSA) is 78.5 Å². The predicted molar refractivity (Wildman–Crippen MR) is 124 cm³/mol. The molecule has 164 valence electrons. The Bertz CT molecular complexity index is 1050. The van der Waals surface area contributed by atoms with Gasteiger partial charge in [0.25, 0.3) is 11.8 Å². The number of nitrogens with zero attached hydrogens (tertiary/aromatic N) is 1. The molecule has 0 radical (unpaired) electrons. The van der Waals surface area contributed by atoms with Crippen LogP contribution in [0, 0.1) is 0 Å². The minimum absolute atomic E-state index is 0.0283. The van der Waals surface area contributed by atoms with Crippen molar-refractivity contribution in [2.24, 2.45) is 0 Å². The lowest BCUT2D eigenvalue weighted by Crippen LogP contribution is -2.50. The third kappa shape index (κ3) is 5.23. The average Bonchev–Trinajstić information content (AvgIpc) is 3.39. The van der Waals surface area contributed by atoms with Crippen LogP contribution in [0.3, 0.4) is 0 Å². The summed E-state index contributed by atoms with van der Waals surface area (Å²) in [5.74, 6) is -0.498. The molecule has 2 heterocycles. The van der Waals surface area contributed by atoms with Gasteiger partial charge >= 0.3 is 0 Å². The number of amides is 3. The first kappa shape index (κ1) is 21.8. The summed E-state index contributed by atoms with van der Waals surface area (Å²) >= 11 is 1.49. The molecule has 32 heavy (non-hydrogen) atoms. The van der Waals surface area contributed by atoms with E-state index < -0.39 is 6.04 Å². The van der Waals surface area contributed by atoms with E-state index >= 15 is 0 Å². The Morgan fingerprint density at radius 1 is 0.844 bits per heavy atom. The number of rotatable bonds is 6. The van der Waals surface area contributed by atoms with Gasteiger partial charge in [-0.3, -0.25) is 14.4 Å². The lowest BCUT2D eigenvalue weighted by Gasteiger charge is -2.34. The van der Waals surface area contributed by atoms with Crippen LogP contribution >= 0.6 is 11.3 Å². The van der Waals surface area contributed by atoms with E-state index in [-0.39, 0.29) is 23.8 Å². The second-order valence-corrected chi connectivity index (χ2v) is 8.55. The minimum atomic E-state index is -0.763. The lowest BCUT2D eigenvalue weighted by molar-refractivity contribution is -0.134. The number of carbonyl (C=O) groups is 3. The second-order valence-electron chi connectivity index (χ2n) is 7.77. The summed E-state index contributed by atoms with van der Waals surface area (Å²) in [6.07, 6.45) is 1.35. The lowest BCUT2D eigenvalue weighted by atomic mass is 10.0. The molecule has 1 aliphatic heterocycles. The molecule has 1 aromatic heterocycles. The van der Waals surface area contributed by atoms with Crippen molar-refractivity contribution >= 4 is 29.1 Å². The molecule has 0 aliphatic carbocycles. The molecule has 6 nitrogen and oxygen atoms in total. The zero-order chi connectivity index (χ0) is 22.3. The van der Waals surface area contributed by atoms with E-state index in [2.05, 4.69) is 10.6 Å². The van der Waals surface area contributed by atoms with Gasteiger partial charge in [-0.1, -0.05) is 48.5 Å². The Balaban J connectivity index is 1.41. The first-order chi connectivity index (χ1) is 15.6. The van der Waals surface area contributed by atoms with Gasteiger partial charge in [-0.15, -0.1) is 0 Å². The number of hydrogen-bond donors (Lipinski definition) is 2. The first-order valence-electron chi connectivity index (χ1n) is 10.6. The highest BCUT2D eigenvalue weighted by Crippen LogP contribution is 2.20. The summed E-state index contributed by atoms with van der Waals surface area (Å²) in [7, 11) is 0. The quantitative estimate of drug-likeness (QED) is 0.606. The Morgan fingerprint density at radius 3 is 2.12 bits per heavy atom. The Hall–Kier alpha value is -3.45. The van der Waals surface area contributed by atoms with Crippen molar-refractivity contribution in [3.05, 3.63) is 94.2 Å². The highest BCUT2D eigenvalue weighted by Gasteiger charge is 2.31. The Labute approximate surface area is 191 Å². The van der Waals surface area contributed by atoms with Crippen molar-refractivity contribution < 1.29 is 14.4 Å². The summed E-state index contributed by atoms with van der Waals surface area (Å²) < 4.78 is 0. The molecule has 1 fully saturated rings. The number of hydrogen-bond acceptors (Lipinski definition) is 4. The molecule has 1 aliphatic rings. The van der Waals surface area contributed by atoms with Crippen LogP contribution in [-0.4, -0.2) is 41.8 Å². The van der Waals surface area contributed by atoms with Crippen LogP contribution < -0.4 is 10.6 Å². The summed E-state index contributed by atoms with van der Waals surface area (Å²) in [6, 6.07) is 19.2. The van der Waals surface area contributed by atoms with Gasteiger partial charge in [0.15, 0.2) is 0 Å². The van der Waals surface area contributed by atoms with E-state index in [9.17, 15) is 14.4 Å². The van der Waals surface area contributed by atoms with Crippen LogP contribution in [-0.2, 0) is 4.79 Å². The Kier molecular flexibility index (Phi) is 6.97. The van der Waals surface area contributed by atoms with Crippen LogP contribution in [0.15, 0.2) is 77.5 Å². The van der Waals surface area contributed by atoms with Crippen LogP contribution in [0.25, 0.3) is 0 Å². The molecule has 2 N–H and O–H groups in total. The van der Waals surface area contributed by atoms with E-state index in [4.69, 9.17) is 0 Å². The van der Waals surface area contributed by atoms with Crippen molar-refractivity contribution in [3.63, 3.8) is 0 Å². The minimum Gasteiger partial charge on any atom is -0.349 e. The van der Waals surface area contributed by atoms with E-state index in [1.165, 1.54) is 11.3 Å². The highest BCUT2D eigenvalue weighted by atomic mass is 32.1. The van der Waals surface area contributed by atoms with Gasteiger partial charge in [-0.25, -0.2) is 0 Å². The van der Waals surface area contributed by atoms with E-state index in [0.717, 1.165) is 5.56 Å². The SMILES string of the molecule is O=C(NC1CCN(C(=O)C(NC(=O)c2ccccc2)c2ccccc2)CC1)c1ccsc1. The summed E-state index contributed by atoms with van der Waals surface area (Å²) in [4.78, 5) is 40.3. The number of nitrogens with one attached hydrogen (secondary N) is 2. The second kappa shape index (κ2) is 10.2. The maximum Gasteiger partial charge on any atom is 0.252 e. The molecule has 3 amide bonds. The number of carbonyl (C=O) groups excluding carboxylic acids is 3. The average molecular weight is 448 g/mol. The molecule has 0 spiro atoms. The van der Waals surface area contributed by atoms with Crippen molar-refractivity contribution in [3.8, 4) is 0 Å². The molecular weight excluding hydrogens is 422 g/mol. The van der Waals surface area contributed by atoms with Crippen molar-refractivity contribution in [1.82, 2.24) is 15.5 Å². The molecule has 4 rings (SSSR count). The van der Waals surface area contributed by atoms with Gasteiger partial charge in [-0.2, -0.15) is 11.3 Å². The fourth-order valence-corrected chi connectivity index (χ4v) is 4.46. The molecule has 0 bridgehead atoms. The Morgan fingerprint density at radius 2 is 1.50 bits per heavy atom. The van der Waals surface area contributed by atoms with Gasteiger partial charge in [0.05, 0.1) is 0 Å². The monoisotopic (exact) mass is 447 g/mol. The predicted octanol–water partition coefficient (Wildman–Crippen LogP) is 3.64. The molecule has 0 saturated carbocycles. The van der Waals surface area contributed by atoms with Crippen molar-refractivity contribution in [2.75, 3.05) is 13.1 Å². The van der Waals surface area contributed by atoms with Gasteiger partial charge < -0.3 is 15.5 Å². The van der Waals surface area contributed by atoms with E-state index in [1.807, 2.05) is 47.2 Å². The third-order valence-corrected chi connectivity index (χ3v) is 6.30. The van der Waals surface area contributed by atoms with Gasteiger partial charge in [-0.05, 0) is 42.0 Å². The van der Waals surface area contributed by atoms with Crippen LogP contribution in [0.1, 0.15) is 45.2 Å². The van der Waals surface area contributed by atoms with Gasteiger partial charge in [0, 0.05) is 35.6 Å². The van der Waals surface area contributed by atoms with Crippen LogP contribution in [0.2, 0.25) is 0 Å². The zero-order valence-electron chi connectivity index (χ0n) is 17.6. The molecule has 1 saturated heterocycles. The smallest absolute Gasteiger partial charge is 0.252 e. The largest absolute Gasteiger partial charge is 0.349 e. The fraction of sp³-hybridized carbons (Fsp3) is 0.240. The first-order valence-corrected chi connectivity index (χ1v) is 11.6. The van der Waals surface area contributed by atoms with Crippen LogP contribution in [0.4, 0.5) is 0 Å². The zero-order valence-corrected chi connectivity index (χ0v) is 18.4. The summed E-state index contributed by atoms with van der Waals surface area (Å²) in [5, 5.41) is 9.67. The standard InChI is InChI=1S/C25H25N3O3S/c29-23(19-9-5-2-6-10-19)27-22(18-7-3-1-4-8-18)25(31)28-14-11-21(12-15-28)26-24(30)20-13-16-32-17-20/h1-10,13,16-17,21-22H,11-12,14-15H2,(H,26,30)(H,27,29). The summed E-state index contributed by atoms with van der Waals surface area (Å²) in [5.41, 5.74) is 1.92. The normalized spacial score (nSPS) is 15.1. The van der Waals surface area contributed by atoms with Gasteiger partial charge in [0.2, 0.25) is 5.91 Å². The molecule has 3 aromatic rings. The van der Waals surface area contributed by atoms with Crippen LogP contribution in [0.5, 0.6) is 0 Å². The summed E-state index contributed by atoms with van der Waals surface area (Å²) in [6.45, 7) is 1.05. The van der Waals surface area contributed by atoms with E-state index in [0.29, 0.717) is 37.1 Å². The fourth-order valence-electron chi connectivity index (χ4n) is 3.83. The molecule has 7 heteroatoms. The highest BCUT2D eigenvalue weighted by molar-refractivity contribution is 7.08. The number of piperidine rings is 1. The number of likely N-dealkylation sites (tertiary alicyclic amines) is 1. The maximum atomic E-state index is 13.4.